The number of sulfonamides is 1. The second-order valence-corrected chi connectivity index (χ2v) is 16.8. The van der Waals surface area contributed by atoms with E-state index in [0.29, 0.717) is 5.02 Å². The van der Waals surface area contributed by atoms with Gasteiger partial charge in [-0.2, -0.15) is 5.11 Å². The average Bonchev–Trinajstić information content (AvgIpc) is 3.03. The van der Waals surface area contributed by atoms with E-state index in [1.807, 2.05) is 0 Å². The minimum Gasteiger partial charge on any atom is -0.422 e. The minimum atomic E-state index is -4.49. The molecule has 0 amide bonds. The molecule has 0 aliphatic carbocycles. The van der Waals surface area contributed by atoms with Gasteiger partial charge in [-0.05, 0) is 72.8 Å². The van der Waals surface area contributed by atoms with E-state index in [0.717, 1.165) is 36.6 Å². The van der Waals surface area contributed by atoms with Crippen molar-refractivity contribution in [1.82, 2.24) is 0 Å². The van der Waals surface area contributed by atoms with Gasteiger partial charge < -0.3 is 4.74 Å². The van der Waals surface area contributed by atoms with Crippen LogP contribution in [-0.2, 0) is 28.9 Å². The van der Waals surface area contributed by atoms with Crippen molar-refractivity contribution in [2.24, 2.45) is 10.2 Å². The second-order valence-electron chi connectivity index (χ2n) is 10.1. The highest BCUT2D eigenvalue weighted by molar-refractivity contribution is 8.13. The third-order valence-electron chi connectivity index (χ3n) is 6.72. The van der Waals surface area contributed by atoms with Crippen molar-refractivity contribution in [2.75, 3.05) is 11.0 Å². The third-order valence-corrected chi connectivity index (χ3v) is 10.8. The lowest BCUT2D eigenvalue weighted by atomic mass is 10.1. The normalized spacial score (nSPS) is 12.2. The van der Waals surface area contributed by atoms with Crippen LogP contribution in [0.3, 0.4) is 0 Å². The molecule has 5 aromatic rings. The van der Waals surface area contributed by atoms with Gasteiger partial charge in [0.05, 0.1) is 37.3 Å². The Morgan fingerprint density at radius 2 is 1.51 bits per heavy atom. The highest BCUT2D eigenvalue weighted by Gasteiger charge is 2.24. The van der Waals surface area contributed by atoms with Gasteiger partial charge in [0.2, 0.25) is 0 Å². The molecule has 0 bridgehead atoms. The third kappa shape index (κ3) is 8.03. The molecule has 0 saturated heterocycles. The van der Waals surface area contributed by atoms with Crippen molar-refractivity contribution in [3.63, 3.8) is 0 Å². The molecular formula is C30H20Cl2N4O10S3. The van der Waals surface area contributed by atoms with Gasteiger partial charge in [0.25, 0.3) is 24.8 Å². The van der Waals surface area contributed by atoms with Crippen molar-refractivity contribution in [3.05, 3.63) is 118 Å². The molecule has 1 N–H and O–H groups in total. The smallest absolute Gasteiger partial charge is 0.343 e. The summed E-state index contributed by atoms with van der Waals surface area (Å²) in [4.78, 5) is 22.0. The molecule has 0 aromatic heterocycles. The standard InChI is InChI=1S/C30H20Cl2N4O10S3/c1-47(40,41)28-16-20(12-14-26(28)36(38)39)33-34-24-13-15-27(46-30(37)18-8-10-19(31)11-9-18)23-6-3-7-25(29(23)24)35-49(44,45)22-5-2-4-21(17-22)48(32,42)43/h2-17,35H,1H3/b34-33+. The van der Waals surface area contributed by atoms with Crippen LogP contribution in [0.5, 0.6) is 5.75 Å². The van der Waals surface area contributed by atoms with Crippen molar-refractivity contribution < 1.29 is 39.7 Å². The van der Waals surface area contributed by atoms with Crippen LogP contribution in [0, 0.1) is 10.1 Å². The number of carbonyl (C=O) groups is 1. The molecule has 252 valence electrons. The molecule has 14 nitrogen and oxygen atoms in total. The number of carbonyl (C=O) groups excluding carboxylic acids is 1. The fraction of sp³-hybridized carbons (Fsp3) is 0.0333. The van der Waals surface area contributed by atoms with Crippen LogP contribution >= 0.6 is 22.3 Å². The highest BCUT2D eigenvalue weighted by Crippen LogP contribution is 2.40. The Morgan fingerprint density at radius 1 is 0.837 bits per heavy atom. The molecule has 0 heterocycles. The van der Waals surface area contributed by atoms with Gasteiger partial charge in [0.1, 0.15) is 10.6 Å². The average molecular weight is 764 g/mol. The molecule has 0 atom stereocenters. The first kappa shape index (κ1) is 35.4. The van der Waals surface area contributed by atoms with E-state index in [1.54, 1.807) is 0 Å². The summed E-state index contributed by atoms with van der Waals surface area (Å²) in [7, 11) is -7.39. The van der Waals surface area contributed by atoms with E-state index in [4.69, 9.17) is 27.0 Å². The van der Waals surface area contributed by atoms with Gasteiger partial charge in [-0.3, -0.25) is 14.8 Å². The monoisotopic (exact) mass is 762 g/mol. The van der Waals surface area contributed by atoms with Gasteiger partial charge in [-0.25, -0.2) is 30.0 Å². The second kappa shape index (κ2) is 13.5. The minimum absolute atomic E-state index is 0.00376. The summed E-state index contributed by atoms with van der Waals surface area (Å²) in [5, 5.41) is 20.2. The lowest BCUT2D eigenvalue weighted by Crippen LogP contribution is -2.14. The Kier molecular flexibility index (Phi) is 9.76. The lowest BCUT2D eigenvalue weighted by molar-refractivity contribution is -0.387. The van der Waals surface area contributed by atoms with Gasteiger partial charge in [0, 0.05) is 38.8 Å². The SMILES string of the molecule is CS(=O)(=O)c1cc(/N=N/c2ccc(OC(=O)c3ccc(Cl)cc3)c3cccc(NS(=O)(=O)c4cccc(S(=O)(=O)Cl)c4)c23)ccc1[N+](=O)[O-]. The van der Waals surface area contributed by atoms with Gasteiger partial charge in [-0.1, -0.05) is 29.8 Å². The highest BCUT2D eigenvalue weighted by atomic mass is 35.7. The zero-order valence-electron chi connectivity index (χ0n) is 24.6. The summed E-state index contributed by atoms with van der Waals surface area (Å²) in [5.74, 6) is -0.781. The first-order valence-electron chi connectivity index (χ1n) is 13.5. The number of benzene rings is 5. The van der Waals surface area contributed by atoms with E-state index in [-0.39, 0.29) is 39.1 Å². The summed E-state index contributed by atoms with van der Waals surface area (Å²) in [6.07, 6.45) is 0.796. The van der Waals surface area contributed by atoms with Crippen molar-refractivity contribution in [1.29, 1.82) is 0 Å². The molecule has 0 spiro atoms. The number of hydrogen-bond acceptors (Lipinski definition) is 12. The maximum Gasteiger partial charge on any atom is 0.343 e. The Balaban J connectivity index is 1.65. The molecule has 0 fully saturated rings. The van der Waals surface area contributed by atoms with Crippen molar-refractivity contribution in [3.8, 4) is 5.75 Å². The number of azo groups is 1. The largest absolute Gasteiger partial charge is 0.422 e. The number of fused-ring (bicyclic) bond motifs is 1. The summed E-state index contributed by atoms with van der Waals surface area (Å²) in [6.45, 7) is 0. The van der Waals surface area contributed by atoms with E-state index in [9.17, 15) is 40.2 Å². The lowest BCUT2D eigenvalue weighted by Gasteiger charge is -2.15. The van der Waals surface area contributed by atoms with Gasteiger partial charge in [0.15, 0.2) is 9.84 Å². The molecule has 0 unspecified atom stereocenters. The summed E-state index contributed by atoms with van der Waals surface area (Å²) >= 11 is 5.92. The number of ether oxygens (including phenoxy) is 1. The summed E-state index contributed by atoms with van der Waals surface area (Å²) in [5.41, 5.74) is -0.699. The molecular weight excluding hydrogens is 743 g/mol. The molecule has 5 rings (SSSR count). The van der Waals surface area contributed by atoms with Crippen molar-refractivity contribution >= 4 is 90.7 Å². The van der Waals surface area contributed by atoms with E-state index < -0.39 is 60.2 Å². The number of esters is 1. The topological polar surface area (TPSA) is 209 Å². The number of nitro groups is 1. The zero-order chi connectivity index (χ0) is 35.7. The van der Waals surface area contributed by atoms with Crippen LogP contribution < -0.4 is 9.46 Å². The van der Waals surface area contributed by atoms with Crippen LogP contribution in [0.25, 0.3) is 10.8 Å². The molecule has 0 radical (unpaired) electrons. The van der Waals surface area contributed by atoms with Crippen LogP contribution in [0.4, 0.5) is 22.7 Å². The zero-order valence-corrected chi connectivity index (χ0v) is 28.6. The van der Waals surface area contributed by atoms with E-state index in [2.05, 4.69) is 15.0 Å². The number of hydrogen-bond donors (Lipinski definition) is 1. The number of nitro benzene ring substituents is 1. The molecule has 0 aliphatic rings. The molecule has 5 aromatic carbocycles. The first-order chi connectivity index (χ1) is 22.9. The quantitative estimate of drug-likeness (QED) is 0.0379. The van der Waals surface area contributed by atoms with E-state index >= 15 is 0 Å². The van der Waals surface area contributed by atoms with Crippen LogP contribution in [0.2, 0.25) is 5.02 Å². The maximum absolute atomic E-state index is 13.5. The van der Waals surface area contributed by atoms with Crippen LogP contribution in [0.15, 0.2) is 122 Å². The Morgan fingerprint density at radius 3 is 2.16 bits per heavy atom. The molecule has 49 heavy (non-hydrogen) atoms. The van der Waals surface area contributed by atoms with Crippen LogP contribution in [-0.4, -0.2) is 42.4 Å². The predicted octanol–water partition coefficient (Wildman–Crippen LogP) is 7.17. The Labute approximate surface area is 288 Å². The molecule has 0 saturated carbocycles. The summed E-state index contributed by atoms with van der Waals surface area (Å²) in [6, 6.07) is 20.3. The first-order valence-corrected chi connectivity index (χ1v) is 19.5. The maximum atomic E-state index is 13.5. The number of halogens is 2. The van der Waals surface area contributed by atoms with Crippen molar-refractivity contribution in [2.45, 2.75) is 14.7 Å². The van der Waals surface area contributed by atoms with E-state index in [1.165, 1.54) is 66.7 Å². The number of sulfone groups is 1. The van der Waals surface area contributed by atoms with Gasteiger partial charge >= 0.3 is 5.97 Å². The molecule has 0 aliphatic heterocycles. The number of anilines is 1. The number of nitrogens with one attached hydrogen (secondary N) is 1. The predicted molar refractivity (Wildman–Crippen MR) is 181 cm³/mol. The Hall–Kier alpha value is -4.94. The number of rotatable bonds is 10. The fourth-order valence-electron chi connectivity index (χ4n) is 4.48. The number of nitrogens with zero attached hydrogens (tertiary/aromatic N) is 3. The van der Waals surface area contributed by atoms with Crippen LogP contribution in [0.1, 0.15) is 10.4 Å². The molecule has 19 heteroatoms. The Bertz CT molecular complexity index is 2530. The van der Waals surface area contributed by atoms with Gasteiger partial charge in [-0.15, -0.1) is 5.11 Å². The summed E-state index contributed by atoms with van der Waals surface area (Å²) < 4.78 is 83.2. The fourth-order valence-corrected chi connectivity index (χ4v) is 7.46.